The van der Waals surface area contributed by atoms with Gasteiger partial charge in [0.2, 0.25) is 0 Å². The minimum absolute atomic E-state index is 0.229. The number of hydrogen-bond donors (Lipinski definition) is 0. The maximum Gasteiger partial charge on any atom is 0.130 e. The molecule has 0 aromatic heterocycles. The van der Waals surface area contributed by atoms with Crippen molar-refractivity contribution in [1.29, 1.82) is 0 Å². The van der Waals surface area contributed by atoms with Gasteiger partial charge >= 0.3 is 0 Å². The monoisotopic (exact) mass is 435 g/mol. The molecular formula is C27H33NO4. The second-order valence-corrected chi connectivity index (χ2v) is 8.60. The molecule has 0 amide bonds. The Morgan fingerprint density at radius 2 is 1.47 bits per heavy atom. The van der Waals surface area contributed by atoms with Gasteiger partial charge in [-0.1, -0.05) is 12.1 Å². The molecular weight excluding hydrogens is 402 g/mol. The summed E-state index contributed by atoms with van der Waals surface area (Å²) in [7, 11) is 9.05. The smallest absolute Gasteiger partial charge is 0.130 e. The van der Waals surface area contributed by atoms with Crippen LogP contribution in [0.1, 0.15) is 36.6 Å². The van der Waals surface area contributed by atoms with Crippen LogP contribution in [0.3, 0.4) is 0 Å². The van der Waals surface area contributed by atoms with Gasteiger partial charge in [0.15, 0.2) is 0 Å². The molecule has 1 heterocycles. The number of hydrogen-bond acceptors (Lipinski definition) is 5. The van der Waals surface area contributed by atoms with Crippen molar-refractivity contribution in [1.82, 2.24) is 4.90 Å². The molecule has 3 aromatic rings. The van der Waals surface area contributed by atoms with Gasteiger partial charge in [-0.3, -0.25) is 4.90 Å². The molecule has 3 aromatic carbocycles. The summed E-state index contributed by atoms with van der Waals surface area (Å²) in [5.74, 6) is 3.30. The third kappa shape index (κ3) is 3.27. The van der Waals surface area contributed by atoms with E-state index in [1.54, 1.807) is 28.4 Å². The van der Waals surface area contributed by atoms with E-state index in [0.717, 1.165) is 56.9 Å². The molecule has 0 radical (unpaired) electrons. The molecule has 5 heteroatoms. The number of likely N-dealkylation sites (N-methyl/N-ethyl adjacent to an activating group) is 1. The Bertz CT molecular complexity index is 1170. The average Bonchev–Trinajstić information content (AvgIpc) is 2.80. The second kappa shape index (κ2) is 8.55. The van der Waals surface area contributed by atoms with E-state index in [2.05, 4.69) is 44.9 Å². The van der Waals surface area contributed by atoms with Crippen LogP contribution < -0.4 is 18.9 Å². The fourth-order valence-electron chi connectivity index (χ4n) is 5.21. The molecule has 32 heavy (non-hydrogen) atoms. The average molecular weight is 436 g/mol. The highest BCUT2D eigenvalue weighted by Crippen LogP contribution is 2.51. The molecule has 0 fully saturated rings. The molecule has 5 nitrogen and oxygen atoms in total. The molecule has 0 saturated carbocycles. The van der Waals surface area contributed by atoms with E-state index < -0.39 is 0 Å². The van der Waals surface area contributed by atoms with Gasteiger partial charge in [0.25, 0.3) is 0 Å². The van der Waals surface area contributed by atoms with E-state index in [-0.39, 0.29) is 6.04 Å². The van der Waals surface area contributed by atoms with Gasteiger partial charge in [0.05, 0.1) is 33.8 Å². The lowest BCUT2D eigenvalue weighted by Gasteiger charge is -2.40. The number of aryl methyl sites for hydroxylation is 1. The number of benzene rings is 3. The van der Waals surface area contributed by atoms with Crippen molar-refractivity contribution in [3.05, 3.63) is 47.0 Å². The summed E-state index contributed by atoms with van der Waals surface area (Å²) >= 11 is 0. The molecule has 0 unspecified atom stereocenters. The van der Waals surface area contributed by atoms with Crippen LogP contribution in [0.5, 0.6) is 23.0 Å². The summed E-state index contributed by atoms with van der Waals surface area (Å²) in [4.78, 5) is 2.41. The van der Waals surface area contributed by atoms with Gasteiger partial charge in [0, 0.05) is 29.3 Å². The summed E-state index contributed by atoms with van der Waals surface area (Å²) in [6, 6.07) is 10.9. The van der Waals surface area contributed by atoms with Crippen molar-refractivity contribution in [3.8, 4) is 34.1 Å². The van der Waals surface area contributed by atoms with Crippen LogP contribution in [0.2, 0.25) is 0 Å². The van der Waals surface area contributed by atoms with Crippen LogP contribution in [-0.4, -0.2) is 46.4 Å². The third-order valence-electron chi connectivity index (χ3n) is 7.04. The zero-order chi connectivity index (χ0) is 23.2. The predicted molar refractivity (Wildman–Crippen MR) is 130 cm³/mol. The standard InChI is InChI=1S/C27H33NO4/c1-15-12-21(30-6)26-18(10-9-11-20(26)29-5)24(15)27-19-13-16(2)28(4)17(3)25(19)22(31-7)14-23(27)32-8/h9-12,14,16-17H,13H2,1-8H3/t16-,17+/m0/s1. The Hall–Kier alpha value is -2.92. The van der Waals surface area contributed by atoms with E-state index >= 15 is 0 Å². The van der Waals surface area contributed by atoms with Crippen molar-refractivity contribution in [2.75, 3.05) is 35.5 Å². The van der Waals surface area contributed by atoms with E-state index in [1.807, 2.05) is 18.2 Å². The first kappa shape index (κ1) is 22.3. The molecule has 2 atom stereocenters. The highest BCUT2D eigenvalue weighted by atomic mass is 16.5. The topological polar surface area (TPSA) is 40.2 Å². The van der Waals surface area contributed by atoms with Crippen LogP contribution in [0.15, 0.2) is 30.3 Å². The van der Waals surface area contributed by atoms with Crippen molar-refractivity contribution in [3.63, 3.8) is 0 Å². The Balaban J connectivity index is 2.17. The molecule has 1 aliphatic rings. The lowest BCUT2D eigenvalue weighted by atomic mass is 9.81. The molecule has 170 valence electrons. The fourth-order valence-corrected chi connectivity index (χ4v) is 5.21. The van der Waals surface area contributed by atoms with Gasteiger partial charge in [-0.2, -0.15) is 0 Å². The van der Waals surface area contributed by atoms with Gasteiger partial charge in [-0.15, -0.1) is 0 Å². The lowest BCUT2D eigenvalue weighted by molar-refractivity contribution is 0.175. The largest absolute Gasteiger partial charge is 0.496 e. The minimum Gasteiger partial charge on any atom is -0.496 e. The summed E-state index contributed by atoms with van der Waals surface area (Å²) in [6.45, 7) is 6.65. The lowest BCUT2D eigenvalue weighted by Crippen LogP contribution is -2.38. The zero-order valence-corrected chi connectivity index (χ0v) is 20.3. The zero-order valence-electron chi connectivity index (χ0n) is 20.3. The van der Waals surface area contributed by atoms with Crippen LogP contribution in [0.4, 0.5) is 0 Å². The van der Waals surface area contributed by atoms with Gasteiger partial charge in [0.1, 0.15) is 23.0 Å². The number of fused-ring (bicyclic) bond motifs is 2. The van der Waals surface area contributed by atoms with Crippen molar-refractivity contribution in [2.45, 2.75) is 39.3 Å². The summed E-state index contributed by atoms with van der Waals surface area (Å²) < 4.78 is 23.3. The van der Waals surface area contributed by atoms with Gasteiger partial charge in [-0.25, -0.2) is 0 Å². The minimum atomic E-state index is 0.229. The van der Waals surface area contributed by atoms with Crippen LogP contribution in [0, 0.1) is 6.92 Å². The Labute approximate surface area is 190 Å². The van der Waals surface area contributed by atoms with Gasteiger partial charge in [-0.05, 0) is 68.4 Å². The maximum absolute atomic E-state index is 5.97. The number of methoxy groups -OCH3 is 4. The normalized spacial score (nSPS) is 18.4. The van der Waals surface area contributed by atoms with Crippen molar-refractivity contribution >= 4 is 10.8 Å². The number of rotatable bonds is 5. The first-order chi connectivity index (χ1) is 15.4. The van der Waals surface area contributed by atoms with Crippen molar-refractivity contribution in [2.24, 2.45) is 0 Å². The first-order valence-electron chi connectivity index (χ1n) is 11.0. The van der Waals surface area contributed by atoms with Crippen LogP contribution in [0.25, 0.3) is 21.9 Å². The molecule has 0 spiro atoms. The van der Waals surface area contributed by atoms with Crippen molar-refractivity contribution < 1.29 is 18.9 Å². The number of nitrogens with zero attached hydrogens (tertiary/aromatic N) is 1. The summed E-state index contributed by atoms with van der Waals surface area (Å²) in [5, 5.41) is 2.06. The van der Waals surface area contributed by atoms with Crippen LogP contribution in [-0.2, 0) is 6.42 Å². The van der Waals surface area contributed by atoms with Gasteiger partial charge < -0.3 is 18.9 Å². The van der Waals surface area contributed by atoms with E-state index in [9.17, 15) is 0 Å². The SMILES string of the molecule is COc1cc(OC)c2c(c1-c1c(C)cc(OC)c3c(OC)cccc13)C[C@H](C)N(C)[C@@H]2C. The molecule has 0 aliphatic carbocycles. The predicted octanol–water partition coefficient (Wildman–Crippen LogP) is 5.79. The van der Waals surface area contributed by atoms with E-state index in [0.29, 0.717) is 6.04 Å². The first-order valence-corrected chi connectivity index (χ1v) is 11.0. The third-order valence-corrected chi connectivity index (χ3v) is 7.04. The summed E-state index contributed by atoms with van der Waals surface area (Å²) in [5.41, 5.74) is 5.94. The molecule has 1 aliphatic heterocycles. The highest BCUT2D eigenvalue weighted by Gasteiger charge is 2.34. The van der Waals surface area contributed by atoms with E-state index in [1.165, 1.54) is 11.1 Å². The number of ether oxygens (including phenoxy) is 4. The quantitative estimate of drug-likeness (QED) is 0.507. The Morgan fingerprint density at radius 3 is 2.09 bits per heavy atom. The summed E-state index contributed by atoms with van der Waals surface area (Å²) in [6.07, 6.45) is 0.913. The molecule has 0 bridgehead atoms. The molecule has 0 N–H and O–H groups in total. The second-order valence-electron chi connectivity index (χ2n) is 8.60. The maximum atomic E-state index is 5.97. The molecule has 0 saturated heterocycles. The fraction of sp³-hybridized carbons (Fsp3) is 0.407. The molecule has 4 rings (SSSR count). The van der Waals surface area contributed by atoms with Crippen LogP contribution >= 0.6 is 0 Å². The Morgan fingerprint density at radius 1 is 0.812 bits per heavy atom. The van der Waals surface area contributed by atoms with E-state index in [4.69, 9.17) is 18.9 Å². The Kier molecular flexibility index (Phi) is 5.95. The highest BCUT2D eigenvalue weighted by molar-refractivity contribution is 6.06.